The van der Waals surface area contributed by atoms with Crippen LogP contribution in [0.25, 0.3) is 0 Å². The molecule has 2 aliphatic rings. The lowest BCUT2D eigenvalue weighted by molar-refractivity contribution is 0.0195. The van der Waals surface area contributed by atoms with Gasteiger partial charge in [-0.1, -0.05) is 6.07 Å². The summed E-state index contributed by atoms with van der Waals surface area (Å²) in [5.74, 6) is 2.52. The molecule has 0 bridgehead atoms. The van der Waals surface area contributed by atoms with Crippen molar-refractivity contribution in [1.29, 1.82) is 0 Å². The van der Waals surface area contributed by atoms with E-state index in [4.69, 9.17) is 14.2 Å². The number of nitrogens with one attached hydrogen (secondary N) is 1. The first-order valence-electron chi connectivity index (χ1n) is 9.73. The average molecular weight is 504 g/mol. The maximum Gasteiger partial charge on any atom is 0.193 e. The zero-order valence-electron chi connectivity index (χ0n) is 17.1. The van der Waals surface area contributed by atoms with E-state index in [-0.39, 0.29) is 24.0 Å². The van der Waals surface area contributed by atoms with Crippen molar-refractivity contribution in [3.63, 3.8) is 0 Å². The third kappa shape index (κ3) is 5.87. The van der Waals surface area contributed by atoms with Crippen LogP contribution < -0.4 is 14.8 Å². The molecule has 0 aliphatic carbocycles. The minimum atomic E-state index is 0. The molecule has 0 radical (unpaired) electrons. The summed E-state index contributed by atoms with van der Waals surface area (Å²) in [6.45, 7) is 6.73. The summed E-state index contributed by atoms with van der Waals surface area (Å²) in [5.41, 5.74) is 1.21. The maximum absolute atomic E-state index is 5.47. The van der Waals surface area contributed by atoms with Gasteiger partial charge in [-0.2, -0.15) is 0 Å². The molecule has 0 amide bonds. The van der Waals surface area contributed by atoms with Gasteiger partial charge in [0, 0.05) is 45.8 Å². The molecule has 0 aromatic heterocycles. The van der Waals surface area contributed by atoms with Crippen LogP contribution in [0.4, 0.5) is 0 Å². The molecule has 1 atom stereocenters. The molecule has 28 heavy (non-hydrogen) atoms. The highest BCUT2D eigenvalue weighted by atomic mass is 127. The van der Waals surface area contributed by atoms with Crippen molar-refractivity contribution in [1.82, 2.24) is 15.1 Å². The Morgan fingerprint density at radius 1 is 1.18 bits per heavy atom. The molecule has 2 aliphatic heterocycles. The largest absolute Gasteiger partial charge is 0.493 e. The lowest BCUT2D eigenvalue weighted by Crippen LogP contribution is -2.46. The van der Waals surface area contributed by atoms with Gasteiger partial charge < -0.3 is 24.4 Å². The predicted octanol–water partition coefficient (Wildman–Crippen LogP) is 1.85. The smallest absolute Gasteiger partial charge is 0.193 e. The second-order valence-electron chi connectivity index (χ2n) is 6.95. The van der Waals surface area contributed by atoms with Gasteiger partial charge in [0.05, 0.1) is 27.4 Å². The first kappa shape index (κ1) is 23.0. The second kappa shape index (κ2) is 11.7. The zero-order chi connectivity index (χ0) is 19.1. The van der Waals surface area contributed by atoms with Gasteiger partial charge in [0.25, 0.3) is 0 Å². The van der Waals surface area contributed by atoms with Crippen LogP contribution in [-0.2, 0) is 11.2 Å². The molecule has 2 fully saturated rings. The Bertz CT molecular complexity index is 638. The molecule has 8 heteroatoms. The quantitative estimate of drug-likeness (QED) is 0.363. The number of rotatable bonds is 6. The van der Waals surface area contributed by atoms with Crippen molar-refractivity contribution in [3.8, 4) is 11.5 Å². The SMILES string of the molecule is CN=C(NCCc1ccc(OC)c(OC)c1)N1CCC(N2CCOCC2)C1.I. The van der Waals surface area contributed by atoms with Crippen molar-refractivity contribution < 1.29 is 14.2 Å². The third-order valence-corrected chi connectivity index (χ3v) is 5.38. The van der Waals surface area contributed by atoms with Crippen LogP contribution in [0, 0.1) is 0 Å². The number of methoxy groups -OCH3 is 2. The maximum atomic E-state index is 5.47. The number of nitrogens with zero attached hydrogens (tertiary/aromatic N) is 3. The Hall–Kier alpha value is -1.26. The molecule has 2 heterocycles. The first-order valence-corrected chi connectivity index (χ1v) is 9.73. The Balaban J connectivity index is 0.00000280. The number of likely N-dealkylation sites (tertiary alicyclic amines) is 1. The number of aliphatic imine (C=N–C) groups is 1. The van der Waals surface area contributed by atoms with Crippen molar-refractivity contribution in [2.75, 3.05) is 67.2 Å². The van der Waals surface area contributed by atoms with E-state index in [9.17, 15) is 0 Å². The van der Waals surface area contributed by atoms with Gasteiger partial charge >= 0.3 is 0 Å². The van der Waals surface area contributed by atoms with Crippen LogP contribution in [0.5, 0.6) is 11.5 Å². The molecule has 0 saturated carbocycles. The molecule has 1 aromatic rings. The highest BCUT2D eigenvalue weighted by Gasteiger charge is 2.30. The Morgan fingerprint density at radius 3 is 2.61 bits per heavy atom. The van der Waals surface area contributed by atoms with Crippen LogP contribution in [0.15, 0.2) is 23.2 Å². The van der Waals surface area contributed by atoms with Crippen LogP contribution >= 0.6 is 24.0 Å². The Kier molecular flexibility index (Phi) is 9.60. The molecular formula is C20H33IN4O3. The summed E-state index contributed by atoms with van der Waals surface area (Å²) in [4.78, 5) is 9.41. The van der Waals surface area contributed by atoms with E-state index in [0.29, 0.717) is 6.04 Å². The molecule has 0 spiro atoms. The molecule has 3 rings (SSSR count). The Morgan fingerprint density at radius 2 is 1.93 bits per heavy atom. The van der Waals surface area contributed by atoms with Crippen molar-refractivity contribution in [2.24, 2.45) is 4.99 Å². The fourth-order valence-corrected chi connectivity index (χ4v) is 3.86. The molecule has 1 aromatic carbocycles. The van der Waals surface area contributed by atoms with Crippen molar-refractivity contribution in [3.05, 3.63) is 23.8 Å². The summed E-state index contributed by atoms with van der Waals surface area (Å²) >= 11 is 0. The van der Waals surface area contributed by atoms with E-state index >= 15 is 0 Å². The predicted molar refractivity (Wildman–Crippen MR) is 122 cm³/mol. The van der Waals surface area contributed by atoms with Crippen LogP contribution in [-0.4, -0.2) is 89.0 Å². The summed E-state index contributed by atoms with van der Waals surface area (Å²) < 4.78 is 16.2. The fraction of sp³-hybridized carbons (Fsp3) is 0.650. The zero-order valence-corrected chi connectivity index (χ0v) is 19.5. The number of benzene rings is 1. The number of hydrogen-bond donors (Lipinski definition) is 1. The van der Waals surface area contributed by atoms with E-state index in [0.717, 1.165) is 69.8 Å². The molecule has 1 unspecified atom stereocenters. The highest BCUT2D eigenvalue weighted by Crippen LogP contribution is 2.27. The minimum Gasteiger partial charge on any atom is -0.493 e. The lowest BCUT2D eigenvalue weighted by atomic mass is 10.1. The van der Waals surface area contributed by atoms with Gasteiger partial charge in [-0.05, 0) is 30.5 Å². The van der Waals surface area contributed by atoms with E-state index in [1.165, 1.54) is 12.0 Å². The van der Waals surface area contributed by atoms with Gasteiger partial charge in [-0.15, -0.1) is 24.0 Å². The average Bonchev–Trinajstić information content (AvgIpc) is 3.21. The molecular weight excluding hydrogens is 471 g/mol. The second-order valence-corrected chi connectivity index (χ2v) is 6.95. The summed E-state index contributed by atoms with van der Waals surface area (Å²) in [6, 6.07) is 6.68. The topological polar surface area (TPSA) is 58.6 Å². The number of hydrogen-bond acceptors (Lipinski definition) is 5. The monoisotopic (exact) mass is 504 g/mol. The van der Waals surface area contributed by atoms with E-state index in [1.807, 2.05) is 19.2 Å². The van der Waals surface area contributed by atoms with E-state index in [1.54, 1.807) is 14.2 Å². The number of ether oxygens (including phenoxy) is 3. The van der Waals surface area contributed by atoms with Crippen molar-refractivity contribution >= 4 is 29.9 Å². The lowest BCUT2D eigenvalue weighted by Gasteiger charge is -2.32. The highest BCUT2D eigenvalue weighted by molar-refractivity contribution is 14.0. The van der Waals surface area contributed by atoms with Gasteiger partial charge in [0.1, 0.15) is 0 Å². The van der Waals surface area contributed by atoms with Gasteiger partial charge in [-0.3, -0.25) is 9.89 Å². The molecule has 7 nitrogen and oxygen atoms in total. The van der Waals surface area contributed by atoms with Crippen LogP contribution in [0.2, 0.25) is 0 Å². The normalized spacial score (nSPS) is 20.6. The standard InChI is InChI=1S/C20H32N4O3.HI/c1-21-20(24-9-7-17(15-24)23-10-12-27-13-11-23)22-8-6-16-4-5-18(25-2)19(14-16)26-3;/h4-5,14,17H,6-13,15H2,1-3H3,(H,21,22);1H. The molecule has 2 saturated heterocycles. The first-order chi connectivity index (χ1) is 13.2. The van der Waals surface area contributed by atoms with Gasteiger partial charge in [-0.25, -0.2) is 0 Å². The minimum absolute atomic E-state index is 0. The van der Waals surface area contributed by atoms with E-state index < -0.39 is 0 Å². The number of morpholine rings is 1. The van der Waals surface area contributed by atoms with Gasteiger partial charge in [0.2, 0.25) is 0 Å². The third-order valence-electron chi connectivity index (χ3n) is 5.38. The van der Waals surface area contributed by atoms with Crippen molar-refractivity contribution in [2.45, 2.75) is 18.9 Å². The summed E-state index contributed by atoms with van der Waals surface area (Å²) in [6.07, 6.45) is 2.09. The summed E-state index contributed by atoms with van der Waals surface area (Å²) in [5, 5.41) is 3.51. The van der Waals surface area contributed by atoms with Gasteiger partial charge in [0.15, 0.2) is 17.5 Å². The van der Waals surface area contributed by atoms with Crippen LogP contribution in [0.1, 0.15) is 12.0 Å². The Labute approximate surface area is 185 Å². The summed E-state index contributed by atoms with van der Waals surface area (Å²) in [7, 11) is 5.18. The fourth-order valence-electron chi connectivity index (χ4n) is 3.86. The van der Waals surface area contributed by atoms with E-state index in [2.05, 4.69) is 26.2 Å². The number of halogens is 1. The number of guanidine groups is 1. The van der Waals surface area contributed by atoms with Crippen LogP contribution in [0.3, 0.4) is 0 Å². The molecule has 158 valence electrons. The molecule has 1 N–H and O–H groups in total.